The minimum atomic E-state index is -1.07. The molecule has 17 heavy (non-hydrogen) atoms. The number of nitrogens with one attached hydrogen (secondary N) is 2. The van der Waals surface area contributed by atoms with Crippen LogP contribution < -0.4 is 10.6 Å². The quantitative estimate of drug-likeness (QED) is 0.734. The van der Waals surface area contributed by atoms with Crippen LogP contribution in [0.15, 0.2) is 30.3 Å². The number of aliphatic carboxylic acids is 1. The summed E-state index contributed by atoms with van der Waals surface area (Å²) in [4.78, 5) is 22.6. The monoisotopic (exact) mass is 234 g/mol. The number of carboxylic acid groups (broad SMARTS) is 1. The highest BCUT2D eigenvalue weighted by molar-refractivity contribution is 5.83. The summed E-state index contributed by atoms with van der Waals surface area (Å²) in [6, 6.07) is 7.41. The Morgan fingerprint density at radius 2 is 1.88 bits per heavy atom. The molecule has 1 aliphatic carbocycles. The van der Waals surface area contributed by atoms with E-state index in [1.807, 2.05) is 0 Å². The maximum atomic E-state index is 11.5. The van der Waals surface area contributed by atoms with Crippen molar-refractivity contribution < 1.29 is 14.7 Å². The molecule has 0 saturated heterocycles. The molecule has 1 aliphatic rings. The second-order valence-corrected chi connectivity index (χ2v) is 4.07. The average Bonchev–Trinajstić information content (AvgIpc) is 3.10. The maximum Gasteiger partial charge on any atom is 0.330 e. The van der Waals surface area contributed by atoms with Crippen LogP contribution in [0.1, 0.15) is 24.4 Å². The zero-order chi connectivity index (χ0) is 12.3. The maximum absolute atomic E-state index is 11.5. The van der Waals surface area contributed by atoms with E-state index in [1.165, 1.54) is 0 Å². The highest BCUT2D eigenvalue weighted by Gasteiger charge is 2.26. The molecule has 1 fully saturated rings. The highest BCUT2D eigenvalue weighted by Crippen LogP contribution is 2.19. The number of benzene rings is 1. The van der Waals surface area contributed by atoms with Gasteiger partial charge in [-0.2, -0.15) is 0 Å². The van der Waals surface area contributed by atoms with E-state index in [4.69, 9.17) is 5.11 Å². The van der Waals surface area contributed by atoms with Crippen LogP contribution in [0.4, 0.5) is 4.79 Å². The molecule has 0 spiro atoms. The van der Waals surface area contributed by atoms with Crippen molar-refractivity contribution in [3.8, 4) is 0 Å². The van der Waals surface area contributed by atoms with Crippen molar-refractivity contribution in [2.75, 3.05) is 0 Å². The lowest BCUT2D eigenvalue weighted by molar-refractivity contribution is -0.139. The Balaban J connectivity index is 2.02. The first kappa shape index (κ1) is 11.4. The number of hydrogen-bond donors (Lipinski definition) is 3. The van der Waals surface area contributed by atoms with Crippen molar-refractivity contribution >= 4 is 12.0 Å². The summed E-state index contributed by atoms with van der Waals surface area (Å²) in [5.41, 5.74) is 0.561. The van der Waals surface area contributed by atoms with Gasteiger partial charge < -0.3 is 15.7 Å². The van der Waals surface area contributed by atoms with Crippen LogP contribution in [0.5, 0.6) is 0 Å². The van der Waals surface area contributed by atoms with Crippen LogP contribution in [0.2, 0.25) is 0 Å². The summed E-state index contributed by atoms with van der Waals surface area (Å²) in [7, 11) is 0. The molecule has 1 aromatic rings. The van der Waals surface area contributed by atoms with Crippen LogP contribution in [0.25, 0.3) is 0 Å². The molecular weight excluding hydrogens is 220 g/mol. The number of amides is 2. The second kappa shape index (κ2) is 4.86. The third kappa shape index (κ3) is 3.21. The molecule has 1 aromatic carbocycles. The van der Waals surface area contributed by atoms with Crippen molar-refractivity contribution in [2.45, 2.75) is 24.9 Å². The minimum absolute atomic E-state index is 0.209. The number of urea groups is 1. The van der Waals surface area contributed by atoms with Gasteiger partial charge in [0.2, 0.25) is 0 Å². The van der Waals surface area contributed by atoms with Crippen LogP contribution in [-0.4, -0.2) is 23.1 Å². The number of carboxylic acids is 1. The topological polar surface area (TPSA) is 78.4 Å². The third-order valence-electron chi connectivity index (χ3n) is 2.57. The first-order valence-corrected chi connectivity index (χ1v) is 5.51. The van der Waals surface area contributed by atoms with Gasteiger partial charge in [0.15, 0.2) is 6.04 Å². The van der Waals surface area contributed by atoms with Gasteiger partial charge in [-0.3, -0.25) is 0 Å². The number of hydrogen-bond acceptors (Lipinski definition) is 2. The Labute approximate surface area is 98.8 Å². The van der Waals surface area contributed by atoms with Crippen molar-refractivity contribution in [1.29, 1.82) is 0 Å². The van der Waals surface area contributed by atoms with Crippen LogP contribution in [0, 0.1) is 0 Å². The first-order valence-electron chi connectivity index (χ1n) is 5.51. The average molecular weight is 234 g/mol. The van der Waals surface area contributed by atoms with Gasteiger partial charge in [0.25, 0.3) is 0 Å². The molecular formula is C12H14N2O3. The van der Waals surface area contributed by atoms with Gasteiger partial charge in [0.05, 0.1) is 0 Å². The summed E-state index contributed by atoms with van der Waals surface area (Å²) in [5, 5.41) is 14.2. The van der Waals surface area contributed by atoms with Gasteiger partial charge in [-0.15, -0.1) is 0 Å². The molecule has 0 aromatic heterocycles. The van der Waals surface area contributed by atoms with Crippen molar-refractivity contribution in [2.24, 2.45) is 0 Å². The lowest BCUT2D eigenvalue weighted by Gasteiger charge is -2.15. The Kier molecular flexibility index (Phi) is 3.27. The molecule has 1 saturated carbocycles. The van der Waals surface area contributed by atoms with Gasteiger partial charge in [-0.25, -0.2) is 9.59 Å². The smallest absolute Gasteiger partial charge is 0.330 e. The van der Waals surface area contributed by atoms with Gasteiger partial charge in [0, 0.05) is 6.04 Å². The molecule has 3 N–H and O–H groups in total. The molecule has 0 radical (unpaired) electrons. The molecule has 1 atom stereocenters. The normalized spacial score (nSPS) is 16.0. The van der Waals surface area contributed by atoms with E-state index in [2.05, 4.69) is 10.6 Å². The summed E-state index contributed by atoms with van der Waals surface area (Å²) >= 11 is 0. The van der Waals surface area contributed by atoms with Gasteiger partial charge in [-0.05, 0) is 18.4 Å². The zero-order valence-corrected chi connectivity index (χ0v) is 9.22. The zero-order valence-electron chi connectivity index (χ0n) is 9.22. The van der Waals surface area contributed by atoms with E-state index < -0.39 is 18.0 Å². The van der Waals surface area contributed by atoms with Crippen molar-refractivity contribution in [3.05, 3.63) is 35.9 Å². The van der Waals surface area contributed by atoms with E-state index in [0.717, 1.165) is 12.8 Å². The standard InChI is InChI=1S/C12H14N2O3/c15-11(16)10(8-4-2-1-3-5-8)14-12(17)13-9-6-7-9/h1-5,9-10H,6-7H2,(H,15,16)(H2,13,14,17). The molecule has 0 aliphatic heterocycles. The Morgan fingerprint density at radius 3 is 2.41 bits per heavy atom. The predicted molar refractivity (Wildman–Crippen MR) is 61.5 cm³/mol. The van der Waals surface area contributed by atoms with E-state index in [-0.39, 0.29) is 6.04 Å². The van der Waals surface area contributed by atoms with E-state index in [1.54, 1.807) is 30.3 Å². The largest absolute Gasteiger partial charge is 0.479 e. The van der Waals surface area contributed by atoms with E-state index in [9.17, 15) is 9.59 Å². The number of carbonyl (C=O) groups is 2. The molecule has 90 valence electrons. The SMILES string of the molecule is O=C(NC1CC1)NC(C(=O)O)c1ccccc1. The molecule has 2 amide bonds. The summed E-state index contributed by atoms with van der Waals surface area (Å²) < 4.78 is 0. The van der Waals surface area contributed by atoms with Gasteiger partial charge in [0.1, 0.15) is 0 Å². The molecule has 2 rings (SSSR count). The molecule has 0 heterocycles. The Bertz CT molecular complexity index is 415. The lowest BCUT2D eigenvalue weighted by Crippen LogP contribution is -2.41. The minimum Gasteiger partial charge on any atom is -0.479 e. The van der Waals surface area contributed by atoms with Crippen molar-refractivity contribution in [3.63, 3.8) is 0 Å². The second-order valence-electron chi connectivity index (χ2n) is 4.07. The Hall–Kier alpha value is -2.04. The van der Waals surface area contributed by atoms with Crippen LogP contribution in [0.3, 0.4) is 0 Å². The van der Waals surface area contributed by atoms with Crippen molar-refractivity contribution in [1.82, 2.24) is 10.6 Å². The van der Waals surface area contributed by atoms with E-state index >= 15 is 0 Å². The highest BCUT2D eigenvalue weighted by atomic mass is 16.4. The fourth-order valence-electron chi connectivity index (χ4n) is 1.52. The molecule has 5 nitrogen and oxygen atoms in total. The fraction of sp³-hybridized carbons (Fsp3) is 0.333. The number of rotatable bonds is 4. The lowest BCUT2D eigenvalue weighted by atomic mass is 10.1. The van der Waals surface area contributed by atoms with Crippen LogP contribution >= 0.6 is 0 Å². The molecule has 0 bridgehead atoms. The predicted octanol–water partition coefficient (Wildman–Crippen LogP) is 1.27. The van der Waals surface area contributed by atoms with Gasteiger partial charge in [-0.1, -0.05) is 30.3 Å². The number of carbonyl (C=O) groups excluding carboxylic acids is 1. The first-order chi connectivity index (χ1) is 8.16. The van der Waals surface area contributed by atoms with Crippen LogP contribution in [-0.2, 0) is 4.79 Å². The fourth-order valence-corrected chi connectivity index (χ4v) is 1.52. The summed E-state index contributed by atoms with van der Waals surface area (Å²) in [5.74, 6) is -1.07. The summed E-state index contributed by atoms with van der Waals surface area (Å²) in [6.45, 7) is 0. The Morgan fingerprint density at radius 1 is 1.24 bits per heavy atom. The third-order valence-corrected chi connectivity index (χ3v) is 2.57. The van der Waals surface area contributed by atoms with Gasteiger partial charge >= 0.3 is 12.0 Å². The summed E-state index contributed by atoms with van der Waals surface area (Å²) in [6.07, 6.45) is 1.94. The van der Waals surface area contributed by atoms with E-state index in [0.29, 0.717) is 5.56 Å². The molecule has 5 heteroatoms. The molecule has 1 unspecified atom stereocenters.